The molecule has 4 heteroatoms. The molecule has 1 heterocycles. The summed E-state index contributed by atoms with van der Waals surface area (Å²) in [6.45, 7) is 4.30. The number of carboxylic acid groups (broad SMARTS) is 1. The van der Waals surface area contributed by atoms with Crippen LogP contribution >= 0.6 is 0 Å². The van der Waals surface area contributed by atoms with E-state index in [-0.39, 0.29) is 0 Å². The van der Waals surface area contributed by atoms with Crippen molar-refractivity contribution in [3.63, 3.8) is 0 Å². The lowest BCUT2D eigenvalue weighted by Gasteiger charge is -2.45. The van der Waals surface area contributed by atoms with Gasteiger partial charge in [0.15, 0.2) is 0 Å². The van der Waals surface area contributed by atoms with E-state index < -0.39 is 17.2 Å². The second-order valence-corrected chi connectivity index (χ2v) is 5.62. The first-order chi connectivity index (χ1) is 9.49. The van der Waals surface area contributed by atoms with Crippen LogP contribution in [0.3, 0.4) is 0 Å². The molecule has 2 N–H and O–H groups in total. The van der Waals surface area contributed by atoms with Gasteiger partial charge in [-0.15, -0.1) is 0 Å². The Labute approximate surface area is 120 Å². The monoisotopic (exact) mass is 277 g/mol. The first-order valence-electron chi connectivity index (χ1n) is 7.26. The Bertz CT molecular complexity index is 476. The van der Waals surface area contributed by atoms with Gasteiger partial charge in [-0.05, 0) is 31.2 Å². The molecule has 0 unspecified atom stereocenters. The van der Waals surface area contributed by atoms with E-state index in [4.69, 9.17) is 0 Å². The Morgan fingerprint density at radius 2 is 1.90 bits per heavy atom. The summed E-state index contributed by atoms with van der Waals surface area (Å²) < 4.78 is 0. The molecule has 1 aliphatic heterocycles. The van der Waals surface area contributed by atoms with Crippen LogP contribution in [0.1, 0.15) is 38.7 Å². The predicted octanol–water partition coefficient (Wildman–Crippen LogP) is 2.90. The van der Waals surface area contributed by atoms with Gasteiger partial charge in [-0.2, -0.15) is 0 Å². The Morgan fingerprint density at radius 1 is 1.25 bits per heavy atom. The van der Waals surface area contributed by atoms with E-state index in [1.165, 1.54) is 4.90 Å². The third kappa shape index (κ3) is 2.18. The van der Waals surface area contributed by atoms with Gasteiger partial charge in [0.1, 0.15) is 0 Å². The lowest BCUT2D eigenvalue weighted by atomic mass is 9.73. The number of carbonyl (C=O) groups is 1. The average Bonchev–Trinajstić information content (AvgIpc) is 2.74. The van der Waals surface area contributed by atoms with Crippen LogP contribution in [-0.2, 0) is 6.42 Å². The fourth-order valence-corrected chi connectivity index (χ4v) is 3.62. The van der Waals surface area contributed by atoms with Crippen molar-refractivity contribution in [2.75, 3.05) is 6.54 Å². The van der Waals surface area contributed by atoms with Gasteiger partial charge in [-0.1, -0.05) is 44.2 Å². The molecule has 2 atom stereocenters. The van der Waals surface area contributed by atoms with Crippen molar-refractivity contribution in [2.24, 2.45) is 0 Å². The molecule has 110 valence electrons. The molecular formula is C16H23NO3. The lowest BCUT2D eigenvalue weighted by Crippen LogP contribution is -2.60. The van der Waals surface area contributed by atoms with Crippen LogP contribution < -0.4 is 0 Å². The molecule has 20 heavy (non-hydrogen) atoms. The number of hydrogen-bond donors (Lipinski definition) is 2. The van der Waals surface area contributed by atoms with Gasteiger partial charge >= 0.3 is 6.09 Å². The molecule has 2 rings (SSSR count). The maximum Gasteiger partial charge on any atom is 0.407 e. The molecule has 0 aromatic heterocycles. The normalized spacial score (nSPS) is 29.6. The fraction of sp³-hybridized carbons (Fsp3) is 0.562. The van der Waals surface area contributed by atoms with Gasteiger partial charge in [-0.25, -0.2) is 4.79 Å². The predicted molar refractivity (Wildman–Crippen MR) is 77.8 cm³/mol. The number of amides is 1. The van der Waals surface area contributed by atoms with Gasteiger partial charge < -0.3 is 10.2 Å². The van der Waals surface area contributed by atoms with Crippen molar-refractivity contribution in [3.8, 4) is 0 Å². The van der Waals surface area contributed by atoms with Crippen molar-refractivity contribution in [1.82, 2.24) is 4.90 Å². The molecule has 0 saturated carbocycles. The average molecular weight is 277 g/mol. The maximum atomic E-state index is 11.6. The number of hydrogen-bond acceptors (Lipinski definition) is 2. The molecule has 0 spiro atoms. The summed E-state index contributed by atoms with van der Waals surface area (Å²) in [7, 11) is 0. The lowest BCUT2D eigenvalue weighted by molar-refractivity contribution is -0.0619. The Balaban J connectivity index is 2.43. The first kappa shape index (κ1) is 14.9. The summed E-state index contributed by atoms with van der Waals surface area (Å²) in [5, 5.41) is 20.5. The standard InChI is InChI=1S/C16H23NO3/c1-3-15(12-13-8-6-5-7-9-13)16(20,4-2)10-11-17(15)14(18)19/h5-9,20H,3-4,10-12H2,1-2H3,(H,18,19)/t15-,16-/m0/s1. The van der Waals surface area contributed by atoms with Gasteiger partial charge in [0.05, 0.1) is 11.1 Å². The van der Waals surface area contributed by atoms with Gasteiger partial charge in [0, 0.05) is 6.54 Å². The molecule has 1 amide bonds. The van der Waals surface area contributed by atoms with E-state index in [0.29, 0.717) is 32.2 Å². The maximum absolute atomic E-state index is 11.6. The van der Waals surface area contributed by atoms with Gasteiger partial charge in [-0.3, -0.25) is 4.90 Å². The molecule has 0 bridgehead atoms. The molecule has 4 nitrogen and oxygen atoms in total. The van der Waals surface area contributed by atoms with Crippen molar-refractivity contribution < 1.29 is 15.0 Å². The summed E-state index contributed by atoms with van der Waals surface area (Å²) in [6, 6.07) is 9.82. The van der Waals surface area contributed by atoms with E-state index in [1.807, 2.05) is 44.2 Å². The highest BCUT2D eigenvalue weighted by atomic mass is 16.4. The summed E-state index contributed by atoms with van der Waals surface area (Å²) in [5.74, 6) is 0. The topological polar surface area (TPSA) is 60.8 Å². The van der Waals surface area contributed by atoms with Crippen LogP contribution in [0.25, 0.3) is 0 Å². The highest BCUT2D eigenvalue weighted by molar-refractivity contribution is 5.67. The van der Waals surface area contributed by atoms with Crippen LogP contribution in [-0.4, -0.2) is 38.9 Å². The number of aliphatic hydroxyl groups is 1. The number of rotatable bonds is 4. The van der Waals surface area contributed by atoms with Crippen molar-refractivity contribution >= 4 is 6.09 Å². The third-order valence-corrected chi connectivity index (χ3v) is 4.87. The van der Waals surface area contributed by atoms with Crippen molar-refractivity contribution in [2.45, 2.75) is 50.7 Å². The zero-order valence-corrected chi connectivity index (χ0v) is 12.2. The third-order valence-electron chi connectivity index (χ3n) is 4.87. The number of likely N-dealkylation sites (tertiary alicyclic amines) is 1. The Kier molecular flexibility index (Phi) is 4.04. The molecule has 1 fully saturated rings. The zero-order valence-electron chi connectivity index (χ0n) is 12.2. The molecule has 1 aromatic carbocycles. The van der Waals surface area contributed by atoms with Gasteiger partial charge in [0.2, 0.25) is 0 Å². The molecular weight excluding hydrogens is 254 g/mol. The van der Waals surface area contributed by atoms with Crippen LogP contribution in [0.2, 0.25) is 0 Å². The second-order valence-electron chi connectivity index (χ2n) is 5.62. The van der Waals surface area contributed by atoms with Crippen LogP contribution in [0.5, 0.6) is 0 Å². The molecule has 0 aliphatic carbocycles. The van der Waals surface area contributed by atoms with Crippen LogP contribution in [0.15, 0.2) is 30.3 Å². The minimum absolute atomic E-state index is 0.403. The van der Waals surface area contributed by atoms with E-state index in [0.717, 1.165) is 5.56 Å². The highest BCUT2D eigenvalue weighted by Gasteiger charge is 2.58. The van der Waals surface area contributed by atoms with Crippen LogP contribution in [0, 0.1) is 0 Å². The molecule has 1 saturated heterocycles. The summed E-state index contributed by atoms with van der Waals surface area (Å²) in [6.07, 6.45) is 1.31. The van der Waals surface area contributed by atoms with Crippen molar-refractivity contribution in [1.29, 1.82) is 0 Å². The van der Waals surface area contributed by atoms with Crippen LogP contribution in [0.4, 0.5) is 4.79 Å². The molecule has 1 aromatic rings. The quantitative estimate of drug-likeness (QED) is 0.889. The van der Waals surface area contributed by atoms with E-state index in [1.54, 1.807) is 0 Å². The minimum Gasteiger partial charge on any atom is -0.465 e. The summed E-state index contributed by atoms with van der Waals surface area (Å²) >= 11 is 0. The highest BCUT2D eigenvalue weighted by Crippen LogP contribution is 2.45. The van der Waals surface area contributed by atoms with Crippen molar-refractivity contribution in [3.05, 3.63) is 35.9 Å². The number of benzene rings is 1. The summed E-state index contributed by atoms with van der Waals surface area (Å²) in [4.78, 5) is 13.0. The first-order valence-corrected chi connectivity index (χ1v) is 7.26. The SMILES string of the molecule is CC[C@]1(O)CCN(C(=O)O)[C@@]1(CC)Cc1ccccc1. The van der Waals surface area contributed by atoms with E-state index >= 15 is 0 Å². The largest absolute Gasteiger partial charge is 0.465 e. The number of nitrogens with zero attached hydrogens (tertiary/aromatic N) is 1. The minimum atomic E-state index is -0.948. The van der Waals surface area contributed by atoms with E-state index in [2.05, 4.69) is 0 Å². The second kappa shape index (κ2) is 5.44. The Morgan fingerprint density at radius 3 is 2.40 bits per heavy atom. The summed E-state index contributed by atoms with van der Waals surface area (Å²) in [5.41, 5.74) is -0.611. The van der Waals surface area contributed by atoms with E-state index in [9.17, 15) is 15.0 Å². The molecule has 1 aliphatic rings. The van der Waals surface area contributed by atoms with Gasteiger partial charge in [0.25, 0.3) is 0 Å². The fourth-order valence-electron chi connectivity index (χ4n) is 3.62. The Hall–Kier alpha value is -1.55. The smallest absolute Gasteiger partial charge is 0.407 e. The molecule has 0 radical (unpaired) electrons. The zero-order chi connectivity index (χ0) is 14.8.